The lowest BCUT2D eigenvalue weighted by atomic mass is 9.68. The van der Waals surface area contributed by atoms with E-state index in [0.29, 0.717) is 0 Å². The van der Waals surface area contributed by atoms with Crippen LogP contribution in [0.4, 0.5) is 17.1 Å². The lowest BCUT2D eigenvalue weighted by Crippen LogP contribution is -2.28. The van der Waals surface area contributed by atoms with E-state index in [4.69, 9.17) is 0 Å². The lowest BCUT2D eigenvalue weighted by Gasteiger charge is -2.34. The summed E-state index contributed by atoms with van der Waals surface area (Å²) in [7, 11) is 0. The molecular weight excluding hydrogens is 803 g/mol. The molecule has 2 aliphatic rings. The van der Waals surface area contributed by atoms with Gasteiger partial charge in [0.15, 0.2) is 0 Å². The first-order chi connectivity index (χ1) is 32.1. The Bertz CT molecular complexity index is 3570. The third-order valence-corrected chi connectivity index (χ3v) is 15.6. The number of fused-ring (bicyclic) bond motifs is 9. The molecule has 1 atom stereocenters. The lowest BCUT2D eigenvalue weighted by molar-refractivity contribution is 0.714. The molecule has 1 nitrogen and oxygen atoms in total. The summed E-state index contributed by atoms with van der Waals surface area (Å²) in [6.45, 7) is 2.39. The fraction of sp³-hybridized carbons (Fsp3) is 0.0476. The summed E-state index contributed by atoms with van der Waals surface area (Å²) in [6.07, 6.45) is 0. The van der Waals surface area contributed by atoms with Crippen LogP contribution in [0.2, 0.25) is 0 Å². The Labute approximate surface area is 384 Å². The fourth-order valence-corrected chi connectivity index (χ4v) is 12.7. The molecule has 1 aromatic heterocycles. The molecule has 0 amide bonds. The van der Waals surface area contributed by atoms with Gasteiger partial charge in [0.1, 0.15) is 0 Å². The van der Waals surface area contributed by atoms with Crippen LogP contribution >= 0.6 is 11.3 Å². The van der Waals surface area contributed by atoms with Crippen LogP contribution < -0.4 is 4.90 Å². The zero-order chi connectivity index (χ0) is 43.1. The van der Waals surface area contributed by atoms with Crippen molar-refractivity contribution >= 4 is 48.6 Å². The first kappa shape index (κ1) is 37.7. The quantitative estimate of drug-likeness (QED) is 0.154. The van der Waals surface area contributed by atoms with Crippen molar-refractivity contribution in [3.8, 4) is 33.4 Å². The maximum absolute atomic E-state index is 2.47. The standard InChI is InChI=1S/C63H43NS/c1-62(43-18-5-2-6-19-43)55-28-14-11-24-50(55)53-40-47(36-38-56(53)62)64(46-34-32-42(33-35-46)49-27-17-31-60-61(49)52-26-13-16-30-59(52)65-60)48-37-39-58-54(41-48)51-25-12-15-29-57(51)63(58,44-20-7-3-8-21-44)45-22-9-4-10-23-45/h2-41H,1H3. The molecule has 0 aliphatic heterocycles. The molecule has 10 aromatic carbocycles. The van der Waals surface area contributed by atoms with Gasteiger partial charge in [0.05, 0.1) is 5.41 Å². The number of thiophene rings is 1. The Morgan fingerprint density at radius 1 is 0.338 bits per heavy atom. The van der Waals surface area contributed by atoms with Crippen LogP contribution in [-0.2, 0) is 10.8 Å². The highest BCUT2D eigenvalue weighted by Crippen LogP contribution is 2.58. The van der Waals surface area contributed by atoms with Gasteiger partial charge in [-0.05, 0) is 128 Å². The van der Waals surface area contributed by atoms with Crippen molar-refractivity contribution in [2.24, 2.45) is 0 Å². The minimum absolute atomic E-state index is 0.277. The summed E-state index contributed by atoms with van der Waals surface area (Å²) < 4.78 is 2.64. The van der Waals surface area contributed by atoms with Crippen LogP contribution in [0, 0.1) is 0 Å². The highest BCUT2D eigenvalue weighted by molar-refractivity contribution is 7.25. The van der Waals surface area contributed by atoms with E-state index in [-0.39, 0.29) is 5.41 Å². The van der Waals surface area contributed by atoms with E-state index in [1.807, 2.05) is 11.3 Å². The number of anilines is 3. The molecule has 0 fully saturated rings. The van der Waals surface area contributed by atoms with E-state index >= 15 is 0 Å². The molecule has 2 heteroatoms. The second-order valence-electron chi connectivity index (χ2n) is 17.7. The molecule has 13 rings (SSSR count). The van der Waals surface area contributed by atoms with Gasteiger partial charge in [-0.2, -0.15) is 0 Å². The van der Waals surface area contributed by atoms with E-state index in [1.165, 1.54) is 92.5 Å². The molecule has 0 saturated carbocycles. The zero-order valence-corrected chi connectivity index (χ0v) is 36.8. The largest absolute Gasteiger partial charge is 0.310 e. The van der Waals surface area contributed by atoms with Crippen LogP contribution in [0.5, 0.6) is 0 Å². The predicted octanol–water partition coefficient (Wildman–Crippen LogP) is 16.9. The van der Waals surface area contributed by atoms with Crippen molar-refractivity contribution in [3.63, 3.8) is 0 Å². The molecule has 0 spiro atoms. The van der Waals surface area contributed by atoms with Crippen molar-refractivity contribution in [2.75, 3.05) is 4.90 Å². The zero-order valence-electron chi connectivity index (χ0n) is 35.9. The SMILES string of the molecule is CC1(c2ccccc2)c2ccccc2-c2cc(N(c3ccc(-c4cccc5sc6ccccc6c45)cc3)c3ccc4c(c3)-c3ccccc3C4(c3ccccc3)c3ccccc3)ccc21. The molecular formula is C63H43NS. The minimum atomic E-state index is -0.467. The number of hydrogen-bond donors (Lipinski definition) is 0. The van der Waals surface area contributed by atoms with Crippen molar-refractivity contribution in [3.05, 3.63) is 282 Å². The third-order valence-electron chi connectivity index (χ3n) is 14.4. The van der Waals surface area contributed by atoms with E-state index in [2.05, 4.69) is 254 Å². The maximum atomic E-state index is 2.47. The van der Waals surface area contributed by atoms with Gasteiger partial charge in [0.2, 0.25) is 0 Å². The minimum Gasteiger partial charge on any atom is -0.310 e. The van der Waals surface area contributed by atoms with Crippen molar-refractivity contribution < 1.29 is 0 Å². The molecule has 0 saturated heterocycles. The summed E-state index contributed by atoms with van der Waals surface area (Å²) in [4.78, 5) is 2.47. The number of benzene rings is 10. The van der Waals surface area contributed by atoms with E-state index in [1.54, 1.807) is 0 Å². The van der Waals surface area contributed by atoms with Crippen molar-refractivity contribution in [1.82, 2.24) is 0 Å². The summed E-state index contributed by atoms with van der Waals surface area (Å²) in [6, 6.07) is 90.4. The van der Waals surface area contributed by atoms with E-state index in [0.717, 1.165) is 17.1 Å². The number of rotatable bonds is 7. The topological polar surface area (TPSA) is 3.24 Å². The molecule has 2 aliphatic carbocycles. The van der Waals surface area contributed by atoms with Gasteiger partial charge in [0, 0.05) is 42.6 Å². The van der Waals surface area contributed by atoms with Crippen LogP contribution in [0.15, 0.2) is 243 Å². The first-order valence-corrected chi connectivity index (χ1v) is 23.4. The van der Waals surface area contributed by atoms with Gasteiger partial charge in [-0.3, -0.25) is 0 Å². The Balaban J connectivity index is 1.02. The molecule has 306 valence electrons. The summed E-state index contributed by atoms with van der Waals surface area (Å²) >= 11 is 1.87. The van der Waals surface area contributed by atoms with Gasteiger partial charge < -0.3 is 4.90 Å². The molecule has 1 unspecified atom stereocenters. The molecule has 0 radical (unpaired) electrons. The van der Waals surface area contributed by atoms with Gasteiger partial charge >= 0.3 is 0 Å². The molecule has 1 heterocycles. The highest BCUT2D eigenvalue weighted by atomic mass is 32.1. The average molecular weight is 846 g/mol. The van der Waals surface area contributed by atoms with Crippen molar-refractivity contribution in [2.45, 2.75) is 17.8 Å². The van der Waals surface area contributed by atoms with E-state index < -0.39 is 5.41 Å². The van der Waals surface area contributed by atoms with Crippen LogP contribution in [0.25, 0.3) is 53.6 Å². The fourth-order valence-electron chi connectivity index (χ4n) is 11.5. The summed E-state index contributed by atoms with van der Waals surface area (Å²) in [5.41, 5.74) is 19.3. The first-order valence-electron chi connectivity index (χ1n) is 22.6. The normalized spacial score (nSPS) is 15.3. The number of hydrogen-bond acceptors (Lipinski definition) is 2. The second-order valence-corrected chi connectivity index (χ2v) is 18.8. The molecule has 65 heavy (non-hydrogen) atoms. The van der Waals surface area contributed by atoms with Crippen molar-refractivity contribution in [1.29, 1.82) is 0 Å². The van der Waals surface area contributed by atoms with Gasteiger partial charge in [-0.1, -0.05) is 194 Å². The predicted molar refractivity (Wildman–Crippen MR) is 274 cm³/mol. The van der Waals surface area contributed by atoms with Crippen LogP contribution in [-0.4, -0.2) is 0 Å². The Morgan fingerprint density at radius 3 is 1.48 bits per heavy atom. The van der Waals surface area contributed by atoms with Gasteiger partial charge in [-0.25, -0.2) is 0 Å². The Morgan fingerprint density at radius 2 is 0.800 bits per heavy atom. The highest BCUT2D eigenvalue weighted by Gasteiger charge is 2.46. The molecule has 0 N–H and O–H groups in total. The van der Waals surface area contributed by atoms with Gasteiger partial charge in [-0.15, -0.1) is 11.3 Å². The monoisotopic (exact) mass is 845 g/mol. The Hall–Kier alpha value is -7.78. The maximum Gasteiger partial charge on any atom is 0.0713 e. The van der Waals surface area contributed by atoms with Gasteiger partial charge in [0.25, 0.3) is 0 Å². The van der Waals surface area contributed by atoms with Crippen LogP contribution in [0.1, 0.15) is 45.9 Å². The average Bonchev–Trinajstić information content (AvgIpc) is 4.00. The smallest absolute Gasteiger partial charge is 0.0713 e. The van der Waals surface area contributed by atoms with Crippen LogP contribution in [0.3, 0.4) is 0 Å². The number of nitrogens with zero attached hydrogens (tertiary/aromatic N) is 1. The molecule has 0 bridgehead atoms. The Kier molecular flexibility index (Phi) is 8.50. The summed E-state index contributed by atoms with van der Waals surface area (Å²) in [5.74, 6) is 0. The second kappa shape index (κ2) is 14.6. The third kappa shape index (κ3) is 5.51. The van der Waals surface area contributed by atoms with E-state index in [9.17, 15) is 0 Å². The summed E-state index contributed by atoms with van der Waals surface area (Å²) in [5, 5.41) is 2.64. The molecule has 11 aromatic rings.